The molecule has 3 unspecified atom stereocenters. The largest absolute Gasteiger partial charge is 0.463 e. The smallest absolute Gasteiger partial charge is 0.347 e. The molecule has 0 spiro atoms. The predicted molar refractivity (Wildman–Crippen MR) is 238 cm³/mol. The first kappa shape index (κ1) is 57.9. The first-order valence-corrected chi connectivity index (χ1v) is 20.6. The Labute approximate surface area is 357 Å². The molecule has 344 valence electrons. The lowest BCUT2D eigenvalue weighted by Crippen LogP contribution is -2.61. The summed E-state index contributed by atoms with van der Waals surface area (Å²) in [6.07, 6.45) is 14.4. The fraction of sp³-hybridized carbons (Fsp3) is 0.918. The number of hydrogen-bond acceptors (Lipinski definition) is 9. The van der Waals surface area contributed by atoms with Gasteiger partial charge in [0, 0.05) is 12.8 Å². The van der Waals surface area contributed by atoms with Crippen molar-refractivity contribution < 1.29 is 43.2 Å². The summed E-state index contributed by atoms with van der Waals surface area (Å²) >= 11 is 0. The number of aliphatic hydroxyl groups is 1. The van der Waals surface area contributed by atoms with Gasteiger partial charge in [0.1, 0.15) is 11.2 Å². The Kier molecular flexibility index (Phi) is 21.1. The highest BCUT2D eigenvalue weighted by atomic mass is 16.6. The van der Waals surface area contributed by atoms with Crippen molar-refractivity contribution in [2.45, 2.75) is 233 Å². The lowest BCUT2D eigenvalue weighted by Gasteiger charge is -2.59. The predicted octanol–water partition coefficient (Wildman–Crippen LogP) is 12.3. The molecule has 0 aromatic heterocycles. The maximum absolute atomic E-state index is 12.5. The van der Waals surface area contributed by atoms with Crippen molar-refractivity contribution in [1.29, 1.82) is 0 Å². The zero-order valence-corrected chi connectivity index (χ0v) is 34.1. The van der Waals surface area contributed by atoms with Crippen LogP contribution in [0.4, 0.5) is 0 Å². The number of esters is 4. The van der Waals surface area contributed by atoms with Gasteiger partial charge in [-0.3, -0.25) is 14.4 Å². The van der Waals surface area contributed by atoms with Gasteiger partial charge in [-0.15, -0.1) is 0 Å². The average Bonchev–Trinajstić information content (AvgIpc) is 3.46. The summed E-state index contributed by atoms with van der Waals surface area (Å²) in [5.41, 5.74) is -2.35. The second kappa shape index (κ2) is 21.1. The highest BCUT2D eigenvalue weighted by Gasteiger charge is 2.60. The van der Waals surface area contributed by atoms with E-state index in [0.717, 1.165) is 50.4 Å². The lowest BCUT2D eigenvalue weighted by molar-refractivity contribution is -0.225. The molecule has 0 aromatic rings. The van der Waals surface area contributed by atoms with E-state index in [2.05, 4.69) is 13.8 Å². The zero-order valence-electron chi connectivity index (χ0n) is 34.1. The van der Waals surface area contributed by atoms with Gasteiger partial charge in [-0.1, -0.05) is 65.3 Å². The number of rotatable bonds is 9. The van der Waals surface area contributed by atoms with Crippen LogP contribution in [0.2, 0.25) is 0 Å². The minimum absolute atomic E-state index is 0. The van der Waals surface area contributed by atoms with E-state index in [1.54, 1.807) is 13.8 Å². The van der Waals surface area contributed by atoms with Crippen LogP contribution in [-0.4, -0.2) is 58.5 Å². The van der Waals surface area contributed by atoms with Crippen LogP contribution in [0.5, 0.6) is 0 Å². The number of carbonyl (C=O) groups excluding carboxylic acids is 4. The molecule has 3 atom stereocenters. The molecule has 9 aliphatic rings. The van der Waals surface area contributed by atoms with Crippen LogP contribution in [0.15, 0.2) is 0 Å². The van der Waals surface area contributed by atoms with Crippen LogP contribution in [0, 0.1) is 51.8 Å². The quantitative estimate of drug-likeness (QED) is 0.179. The van der Waals surface area contributed by atoms with Gasteiger partial charge < -0.3 is 24.1 Å². The maximum Gasteiger partial charge on any atom is 0.347 e. The van der Waals surface area contributed by atoms with Crippen LogP contribution in [0.1, 0.15) is 210 Å². The van der Waals surface area contributed by atoms with Gasteiger partial charge in [0.25, 0.3) is 0 Å². The van der Waals surface area contributed by atoms with E-state index in [1.807, 2.05) is 41.5 Å². The third-order valence-electron chi connectivity index (χ3n) is 14.8. The molecule has 1 N–H and O–H groups in total. The monoisotopic (exact) mass is 827 g/mol. The van der Waals surface area contributed by atoms with Crippen molar-refractivity contribution in [1.82, 2.24) is 0 Å². The molecule has 1 saturated heterocycles. The molecule has 9 nitrogen and oxygen atoms in total. The average molecular weight is 827 g/mol. The Balaban J connectivity index is 0. The van der Waals surface area contributed by atoms with Crippen LogP contribution in [-0.2, 0) is 38.1 Å². The van der Waals surface area contributed by atoms with Gasteiger partial charge in [-0.25, -0.2) is 4.79 Å². The van der Waals surface area contributed by atoms with Gasteiger partial charge >= 0.3 is 23.9 Å². The van der Waals surface area contributed by atoms with E-state index < -0.39 is 28.5 Å². The van der Waals surface area contributed by atoms with Crippen LogP contribution in [0.25, 0.3) is 0 Å². The molecule has 58 heavy (non-hydrogen) atoms. The van der Waals surface area contributed by atoms with Gasteiger partial charge in [0.05, 0.1) is 28.5 Å². The number of ether oxygens (including phenoxy) is 4. The molecule has 8 saturated carbocycles. The third kappa shape index (κ3) is 12.2. The van der Waals surface area contributed by atoms with Crippen molar-refractivity contribution in [2.75, 3.05) is 6.61 Å². The minimum Gasteiger partial charge on any atom is -0.463 e. The third-order valence-corrected chi connectivity index (χ3v) is 14.8. The normalized spacial score (nSPS) is 34.4. The van der Waals surface area contributed by atoms with E-state index in [0.29, 0.717) is 49.5 Å². The Bertz CT molecular complexity index is 1300. The number of hydrogen-bond donors (Lipinski definition) is 1. The van der Waals surface area contributed by atoms with Crippen molar-refractivity contribution >= 4 is 23.9 Å². The van der Waals surface area contributed by atoms with Gasteiger partial charge in [0.15, 0.2) is 0 Å². The van der Waals surface area contributed by atoms with Crippen LogP contribution < -0.4 is 0 Å². The van der Waals surface area contributed by atoms with Gasteiger partial charge in [-0.2, -0.15) is 0 Å². The molecule has 9 rings (SSSR count). The SMILES string of the molecule is C.C.C.C.C.C.CCC(C)(C)C(=O)OC1(C)C2CC3CC(C2)CC1C3.CCC(C)(C)C(=O)OC12CC3CC(CC(O)(C3)C1)C2.CCC(C)(C)C(=O)OC1CCOC1=O. The Morgan fingerprint density at radius 2 is 1.03 bits per heavy atom. The maximum atomic E-state index is 12.5. The van der Waals surface area contributed by atoms with Crippen molar-refractivity contribution in [3.8, 4) is 0 Å². The van der Waals surface area contributed by atoms with Crippen molar-refractivity contribution in [3.63, 3.8) is 0 Å². The summed E-state index contributed by atoms with van der Waals surface area (Å²) < 4.78 is 21.9. The van der Waals surface area contributed by atoms with E-state index in [4.69, 9.17) is 18.9 Å². The lowest BCUT2D eigenvalue weighted by atomic mass is 9.50. The summed E-state index contributed by atoms with van der Waals surface area (Å²) in [4.78, 5) is 47.4. The molecule has 1 heterocycles. The summed E-state index contributed by atoms with van der Waals surface area (Å²) in [6, 6.07) is 0. The standard InChI is InChI=1S/C17H28O2.C16H26O3.C10H16O4.6CH4/c1-5-16(2,3)15(18)19-17(4)13-7-11-6-12(9-13)10-14(17)8-11;1-4-14(2,3)13(17)19-16-8-11-5-12(9-16)7-15(18,6-11)10-16;1-4-10(2,3)9(12)14-7-5-6-13-8(7)11;;;;;;/h11-14H,5-10H2,1-4H3;11-12,18H,4-10H2,1-3H3;7H,4-6H2,1-3H3;6*1H4. The molecule has 9 fully saturated rings. The molecular formula is C49H94O9. The molecule has 9 heteroatoms. The molecule has 0 radical (unpaired) electrons. The van der Waals surface area contributed by atoms with Crippen molar-refractivity contribution in [3.05, 3.63) is 0 Å². The summed E-state index contributed by atoms with van der Waals surface area (Å²) in [5.74, 6) is 3.40. The Morgan fingerprint density at radius 1 is 0.638 bits per heavy atom. The second-order valence-electron chi connectivity index (χ2n) is 20.2. The van der Waals surface area contributed by atoms with Gasteiger partial charge in [0.2, 0.25) is 6.10 Å². The van der Waals surface area contributed by atoms with Gasteiger partial charge in [-0.05, 0) is 167 Å². The summed E-state index contributed by atoms with van der Waals surface area (Å²) in [6.45, 7) is 20.1. The van der Waals surface area contributed by atoms with E-state index >= 15 is 0 Å². The second-order valence-corrected chi connectivity index (χ2v) is 20.2. The molecule has 8 aliphatic carbocycles. The molecule has 0 amide bonds. The highest BCUT2D eigenvalue weighted by molar-refractivity contribution is 5.82. The van der Waals surface area contributed by atoms with E-state index in [-0.39, 0.29) is 79.1 Å². The minimum atomic E-state index is -0.687. The topological polar surface area (TPSA) is 125 Å². The summed E-state index contributed by atoms with van der Waals surface area (Å²) in [7, 11) is 0. The van der Waals surface area contributed by atoms with Crippen molar-refractivity contribution in [2.24, 2.45) is 51.8 Å². The molecule has 1 aliphatic heterocycles. The van der Waals surface area contributed by atoms with E-state index in [1.165, 1.54) is 38.5 Å². The fourth-order valence-electron chi connectivity index (χ4n) is 10.5. The molecule has 8 bridgehead atoms. The molecular weight excluding hydrogens is 733 g/mol. The summed E-state index contributed by atoms with van der Waals surface area (Å²) in [5, 5.41) is 10.6. The van der Waals surface area contributed by atoms with E-state index in [9.17, 15) is 24.3 Å². The first-order chi connectivity index (χ1) is 24.1. The Hall–Kier alpha value is -2.16. The molecule has 0 aromatic carbocycles. The Morgan fingerprint density at radius 3 is 1.41 bits per heavy atom. The zero-order chi connectivity index (χ0) is 38.5. The fourth-order valence-corrected chi connectivity index (χ4v) is 10.5. The number of cyclic esters (lactones) is 1. The van der Waals surface area contributed by atoms with Crippen LogP contribution in [0.3, 0.4) is 0 Å². The first-order valence-electron chi connectivity index (χ1n) is 20.6. The number of carbonyl (C=O) groups is 4. The van der Waals surface area contributed by atoms with Crippen LogP contribution >= 0.6 is 0 Å². The highest BCUT2D eigenvalue weighted by Crippen LogP contribution is 2.60.